The Kier molecular flexibility index (Phi) is 6.65. The fourth-order valence-electron chi connectivity index (χ4n) is 2.33. The van der Waals surface area contributed by atoms with E-state index in [4.69, 9.17) is 4.74 Å². The third kappa shape index (κ3) is 5.46. The van der Waals surface area contributed by atoms with Crippen molar-refractivity contribution in [3.63, 3.8) is 0 Å². The molecule has 10 heteroatoms. The van der Waals surface area contributed by atoms with Crippen LogP contribution in [0.1, 0.15) is 23.7 Å². The Morgan fingerprint density at radius 1 is 1.27 bits per heavy atom. The first-order valence-corrected chi connectivity index (χ1v) is 10.6. The van der Waals surface area contributed by atoms with Crippen LogP contribution in [0, 0.1) is 0 Å². The quantitative estimate of drug-likeness (QED) is 0.707. The smallest absolute Gasteiger partial charge is 0.340 e. The Labute approximate surface area is 156 Å². The van der Waals surface area contributed by atoms with Gasteiger partial charge < -0.3 is 10.1 Å². The van der Waals surface area contributed by atoms with Gasteiger partial charge in [-0.15, -0.1) is 11.8 Å². The maximum Gasteiger partial charge on any atom is 0.340 e. The zero-order valence-electron chi connectivity index (χ0n) is 14.4. The van der Waals surface area contributed by atoms with Crippen molar-refractivity contribution in [3.05, 3.63) is 29.8 Å². The molecule has 1 aromatic carbocycles. The fourth-order valence-corrected chi connectivity index (χ4v) is 5.94. The van der Waals surface area contributed by atoms with E-state index >= 15 is 0 Å². The number of sulfone groups is 1. The van der Waals surface area contributed by atoms with E-state index in [1.165, 1.54) is 25.7 Å². The highest BCUT2D eigenvalue weighted by Crippen LogP contribution is 2.33. The van der Waals surface area contributed by atoms with Crippen LogP contribution in [0.2, 0.25) is 0 Å². The molecule has 1 fully saturated rings. The molecule has 1 aliphatic rings. The lowest BCUT2D eigenvalue weighted by atomic mass is 10.2. The maximum atomic E-state index is 12.4. The first kappa shape index (κ1) is 20.2. The molecule has 0 aromatic heterocycles. The van der Waals surface area contributed by atoms with Crippen LogP contribution in [0.5, 0.6) is 0 Å². The van der Waals surface area contributed by atoms with E-state index in [0.29, 0.717) is 11.3 Å². The molecule has 2 N–H and O–H groups in total. The molecule has 142 valence electrons. The summed E-state index contributed by atoms with van der Waals surface area (Å²) < 4.78 is 28.3. The van der Waals surface area contributed by atoms with Crippen LogP contribution in [0.4, 0.5) is 4.79 Å². The number of rotatable bonds is 5. The van der Waals surface area contributed by atoms with Gasteiger partial charge in [-0.25, -0.2) is 18.0 Å². The minimum atomic E-state index is -3.02. The summed E-state index contributed by atoms with van der Waals surface area (Å²) >= 11 is 1.31. The van der Waals surface area contributed by atoms with Crippen molar-refractivity contribution < 1.29 is 27.5 Å². The zero-order valence-corrected chi connectivity index (χ0v) is 16.0. The van der Waals surface area contributed by atoms with E-state index in [0.717, 1.165) is 0 Å². The third-order valence-electron chi connectivity index (χ3n) is 3.71. The van der Waals surface area contributed by atoms with Crippen molar-refractivity contribution in [3.8, 4) is 0 Å². The van der Waals surface area contributed by atoms with Crippen molar-refractivity contribution in [2.75, 3.05) is 18.6 Å². The van der Waals surface area contributed by atoms with Crippen molar-refractivity contribution >= 4 is 39.5 Å². The van der Waals surface area contributed by atoms with Gasteiger partial charge in [0.25, 0.3) is 5.91 Å². The van der Waals surface area contributed by atoms with E-state index in [1.54, 1.807) is 24.3 Å². The number of ether oxygens (including phenoxy) is 1. The highest BCUT2D eigenvalue weighted by atomic mass is 32.2. The highest BCUT2D eigenvalue weighted by molar-refractivity contribution is 8.02. The van der Waals surface area contributed by atoms with Crippen LogP contribution in [0.3, 0.4) is 0 Å². The summed E-state index contributed by atoms with van der Waals surface area (Å²) in [5.74, 6) is -1.24. The Bertz CT molecular complexity index is 809. The fraction of sp³-hybridized carbons (Fsp3) is 0.438. The summed E-state index contributed by atoms with van der Waals surface area (Å²) in [6.07, 6.45) is -0.633. The molecular formula is C16H20N2O6S2. The molecular weight excluding hydrogens is 380 g/mol. The van der Waals surface area contributed by atoms with E-state index in [2.05, 4.69) is 5.32 Å². The number of hydrogen-bond acceptors (Lipinski definition) is 7. The van der Waals surface area contributed by atoms with Crippen LogP contribution < -0.4 is 10.6 Å². The summed E-state index contributed by atoms with van der Waals surface area (Å²) in [5, 5.41) is 4.14. The number of carbonyl (C=O) groups excluding carboxylic acids is 3. The van der Waals surface area contributed by atoms with Crippen molar-refractivity contribution in [1.82, 2.24) is 10.6 Å². The molecule has 2 atom stereocenters. The number of esters is 1. The predicted octanol–water partition coefficient (Wildman–Crippen LogP) is 0.967. The predicted molar refractivity (Wildman–Crippen MR) is 96.8 cm³/mol. The first-order chi connectivity index (χ1) is 12.2. The van der Waals surface area contributed by atoms with Gasteiger partial charge in [-0.3, -0.25) is 10.1 Å². The molecule has 2 rings (SSSR count). The molecule has 3 amide bonds. The van der Waals surface area contributed by atoms with Gasteiger partial charge >= 0.3 is 12.0 Å². The van der Waals surface area contributed by atoms with Crippen LogP contribution in [0.25, 0.3) is 0 Å². The van der Waals surface area contributed by atoms with Gasteiger partial charge in [0.15, 0.2) is 15.9 Å². The number of imide groups is 1. The molecule has 0 bridgehead atoms. The number of amides is 3. The van der Waals surface area contributed by atoms with E-state index < -0.39 is 33.8 Å². The third-order valence-corrected chi connectivity index (χ3v) is 7.03. The number of thioether (sulfide) groups is 1. The second-order valence-corrected chi connectivity index (χ2v) is 9.33. The number of nitrogens with one attached hydrogen (secondary N) is 2. The summed E-state index contributed by atoms with van der Waals surface area (Å²) in [6, 6.07) is 5.96. The Morgan fingerprint density at radius 2 is 1.96 bits per heavy atom. The summed E-state index contributed by atoms with van der Waals surface area (Å²) in [7, 11) is -1.66. The number of hydrogen-bond donors (Lipinski definition) is 2. The SMILES string of the molecule is CNC(=O)NC(=O)[C@H](C)OC(=O)c1ccccc1S[C@H]1CCS(=O)(=O)C1. The monoisotopic (exact) mass is 400 g/mol. The lowest BCUT2D eigenvalue weighted by Crippen LogP contribution is -2.43. The number of carbonyl (C=O) groups is 3. The van der Waals surface area contributed by atoms with E-state index in [-0.39, 0.29) is 22.3 Å². The summed E-state index contributed by atoms with van der Waals surface area (Å²) in [6.45, 7) is 1.36. The van der Waals surface area contributed by atoms with Crippen LogP contribution in [-0.4, -0.2) is 56.2 Å². The Balaban J connectivity index is 2.05. The van der Waals surface area contributed by atoms with Gasteiger partial charge in [-0.2, -0.15) is 0 Å². The van der Waals surface area contributed by atoms with Crippen molar-refractivity contribution in [2.45, 2.75) is 29.6 Å². The molecule has 0 radical (unpaired) electrons. The number of urea groups is 1. The van der Waals surface area contributed by atoms with Gasteiger partial charge in [-0.1, -0.05) is 12.1 Å². The second-order valence-electron chi connectivity index (χ2n) is 5.75. The molecule has 1 aliphatic heterocycles. The standard InChI is InChI=1S/C16H20N2O6S2/c1-10(14(19)18-16(21)17-2)24-15(20)12-5-3-4-6-13(12)25-11-7-8-26(22,23)9-11/h3-6,10-11H,7-9H2,1-2H3,(H2,17,18,19,21)/t10-,11-/m0/s1. The molecule has 0 aliphatic carbocycles. The minimum absolute atomic E-state index is 0.0754. The molecule has 0 saturated carbocycles. The Morgan fingerprint density at radius 3 is 2.58 bits per heavy atom. The van der Waals surface area contributed by atoms with Gasteiger partial charge in [0.1, 0.15) is 0 Å². The first-order valence-electron chi connectivity index (χ1n) is 7.91. The van der Waals surface area contributed by atoms with Gasteiger partial charge in [0, 0.05) is 17.2 Å². The normalized spacial score (nSPS) is 19.4. The van der Waals surface area contributed by atoms with Gasteiger partial charge in [0.05, 0.1) is 17.1 Å². The average Bonchev–Trinajstić information content (AvgIpc) is 2.93. The largest absolute Gasteiger partial charge is 0.449 e. The average molecular weight is 400 g/mol. The molecule has 8 nitrogen and oxygen atoms in total. The second kappa shape index (κ2) is 8.54. The molecule has 1 aromatic rings. The maximum absolute atomic E-state index is 12.4. The molecule has 0 unspecified atom stereocenters. The lowest BCUT2D eigenvalue weighted by molar-refractivity contribution is -0.127. The molecule has 1 heterocycles. The molecule has 1 saturated heterocycles. The van der Waals surface area contributed by atoms with Gasteiger partial charge in [0.2, 0.25) is 0 Å². The molecule has 26 heavy (non-hydrogen) atoms. The topological polar surface area (TPSA) is 119 Å². The highest BCUT2D eigenvalue weighted by Gasteiger charge is 2.30. The van der Waals surface area contributed by atoms with Crippen LogP contribution >= 0.6 is 11.8 Å². The van der Waals surface area contributed by atoms with Crippen LogP contribution in [0.15, 0.2) is 29.2 Å². The zero-order chi connectivity index (χ0) is 19.3. The lowest BCUT2D eigenvalue weighted by Gasteiger charge is -2.15. The summed E-state index contributed by atoms with van der Waals surface area (Å²) in [4.78, 5) is 35.9. The molecule has 0 spiro atoms. The van der Waals surface area contributed by atoms with Crippen molar-refractivity contribution in [1.29, 1.82) is 0 Å². The van der Waals surface area contributed by atoms with E-state index in [1.807, 2.05) is 5.32 Å². The minimum Gasteiger partial charge on any atom is -0.449 e. The van der Waals surface area contributed by atoms with Crippen molar-refractivity contribution in [2.24, 2.45) is 0 Å². The summed E-state index contributed by atoms with van der Waals surface area (Å²) in [5.41, 5.74) is 0.251. The Hall–Kier alpha value is -2.07. The van der Waals surface area contributed by atoms with E-state index in [9.17, 15) is 22.8 Å². The van der Waals surface area contributed by atoms with Gasteiger partial charge in [-0.05, 0) is 25.5 Å². The number of benzene rings is 1. The van der Waals surface area contributed by atoms with Crippen LogP contribution in [-0.2, 0) is 19.4 Å².